The van der Waals surface area contributed by atoms with Gasteiger partial charge in [-0.3, -0.25) is 4.79 Å². The Balaban J connectivity index is 2.04. The molecule has 0 aliphatic heterocycles. The molecule has 2 N–H and O–H groups in total. The Morgan fingerprint density at radius 1 is 1.36 bits per heavy atom. The smallest absolute Gasteiger partial charge is 0.256 e. The summed E-state index contributed by atoms with van der Waals surface area (Å²) in [5.74, 6) is 1.71. The highest BCUT2D eigenvalue weighted by Gasteiger charge is 2.09. The number of aliphatic hydroxyl groups is 1. The highest BCUT2D eigenvalue weighted by molar-refractivity contribution is 7.98. The van der Waals surface area contributed by atoms with Crippen LogP contribution in [-0.4, -0.2) is 28.4 Å². The van der Waals surface area contributed by atoms with Gasteiger partial charge < -0.3 is 10.4 Å². The zero-order valence-corrected chi connectivity index (χ0v) is 13.7. The summed E-state index contributed by atoms with van der Waals surface area (Å²) in [6.45, 7) is 2.05. The van der Waals surface area contributed by atoms with Crippen molar-refractivity contribution >= 4 is 35.1 Å². The van der Waals surface area contributed by atoms with Crippen LogP contribution in [0.3, 0.4) is 0 Å². The molecule has 1 amide bonds. The van der Waals surface area contributed by atoms with Crippen molar-refractivity contribution in [1.29, 1.82) is 0 Å². The van der Waals surface area contributed by atoms with Crippen molar-refractivity contribution in [3.05, 3.63) is 58.2 Å². The maximum absolute atomic E-state index is 12.2. The number of halogens is 1. The summed E-state index contributed by atoms with van der Waals surface area (Å²) in [6, 6.07) is 8.91. The molecule has 0 unspecified atom stereocenters. The molecule has 6 heteroatoms. The van der Waals surface area contributed by atoms with Gasteiger partial charge in [0.1, 0.15) is 5.82 Å². The number of rotatable bonds is 6. The lowest BCUT2D eigenvalue weighted by atomic mass is 10.1. The molecule has 0 aliphatic carbocycles. The van der Waals surface area contributed by atoms with E-state index < -0.39 is 0 Å². The van der Waals surface area contributed by atoms with E-state index in [9.17, 15) is 4.79 Å². The van der Waals surface area contributed by atoms with Crippen LogP contribution < -0.4 is 5.32 Å². The van der Waals surface area contributed by atoms with Crippen LogP contribution in [0.4, 0.5) is 5.82 Å². The molecule has 0 saturated heterocycles. The number of nitrogens with one attached hydrogen (secondary N) is 1. The summed E-state index contributed by atoms with van der Waals surface area (Å²) in [5.41, 5.74) is 2.47. The molecule has 0 bridgehead atoms. The third-order valence-electron chi connectivity index (χ3n) is 3.00. The third-order valence-corrected chi connectivity index (χ3v) is 4.42. The molecule has 0 spiro atoms. The van der Waals surface area contributed by atoms with Gasteiger partial charge in [-0.15, -0.1) is 0 Å². The maximum atomic E-state index is 12.2. The summed E-state index contributed by atoms with van der Waals surface area (Å²) >= 11 is 7.66. The van der Waals surface area contributed by atoms with Crippen molar-refractivity contribution in [2.75, 3.05) is 17.7 Å². The number of anilines is 1. The van der Waals surface area contributed by atoms with E-state index in [1.54, 1.807) is 30.1 Å². The molecular formula is C16H17ClN2O2S. The van der Waals surface area contributed by atoms with Crippen LogP contribution in [0.5, 0.6) is 0 Å². The molecular weight excluding hydrogens is 320 g/mol. The van der Waals surface area contributed by atoms with Crippen molar-refractivity contribution in [2.24, 2.45) is 0 Å². The standard InChI is InChI=1S/C16H17ClN2O2S/c1-11-2-3-13(9-14(11)17)16(21)19-15-8-12(4-5-18-15)10-22-7-6-20/h2-5,8-9,20H,6-7,10H2,1H3,(H,18,19,21). The topological polar surface area (TPSA) is 62.2 Å². The third kappa shape index (κ3) is 4.73. The van der Waals surface area contributed by atoms with Crippen LogP contribution in [0.1, 0.15) is 21.5 Å². The molecule has 0 aliphatic rings. The predicted molar refractivity (Wildman–Crippen MR) is 91.6 cm³/mol. The Morgan fingerprint density at radius 2 is 2.18 bits per heavy atom. The van der Waals surface area contributed by atoms with E-state index in [0.29, 0.717) is 22.2 Å². The quantitative estimate of drug-likeness (QED) is 0.792. The zero-order valence-electron chi connectivity index (χ0n) is 12.2. The fourth-order valence-corrected chi connectivity index (χ4v) is 2.68. The van der Waals surface area contributed by atoms with E-state index in [1.165, 1.54) is 0 Å². The van der Waals surface area contributed by atoms with Gasteiger partial charge in [0.25, 0.3) is 5.91 Å². The Hall–Kier alpha value is -1.56. The molecule has 0 atom stereocenters. The van der Waals surface area contributed by atoms with Gasteiger partial charge in [-0.1, -0.05) is 17.7 Å². The lowest BCUT2D eigenvalue weighted by molar-refractivity contribution is 0.102. The molecule has 0 fully saturated rings. The fourth-order valence-electron chi connectivity index (χ4n) is 1.81. The molecule has 22 heavy (non-hydrogen) atoms. The molecule has 0 saturated carbocycles. The van der Waals surface area contributed by atoms with Gasteiger partial charge in [-0.2, -0.15) is 11.8 Å². The number of carbonyl (C=O) groups excluding carboxylic acids is 1. The molecule has 2 aromatic rings. The molecule has 0 radical (unpaired) electrons. The van der Waals surface area contributed by atoms with Crippen LogP contribution >= 0.6 is 23.4 Å². The highest BCUT2D eigenvalue weighted by Crippen LogP contribution is 2.18. The SMILES string of the molecule is Cc1ccc(C(=O)Nc2cc(CSCCO)ccn2)cc1Cl. The molecule has 1 aromatic heterocycles. The van der Waals surface area contributed by atoms with Crippen molar-refractivity contribution in [2.45, 2.75) is 12.7 Å². The minimum absolute atomic E-state index is 0.160. The van der Waals surface area contributed by atoms with Crippen LogP contribution in [0.25, 0.3) is 0 Å². The first-order valence-corrected chi connectivity index (χ1v) is 8.34. The number of aryl methyl sites for hydroxylation is 1. The summed E-state index contributed by atoms with van der Waals surface area (Å²) in [5, 5.41) is 12.1. The van der Waals surface area contributed by atoms with E-state index >= 15 is 0 Å². The lowest BCUT2D eigenvalue weighted by Crippen LogP contribution is -2.13. The summed E-state index contributed by atoms with van der Waals surface area (Å²) in [6.07, 6.45) is 1.66. The van der Waals surface area contributed by atoms with E-state index in [-0.39, 0.29) is 12.5 Å². The highest BCUT2D eigenvalue weighted by atomic mass is 35.5. The second-order valence-electron chi connectivity index (χ2n) is 4.74. The van der Waals surface area contributed by atoms with Crippen molar-refractivity contribution < 1.29 is 9.90 Å². The average molecular weight is 337 g/mol. The van der Waals surface area contributed by atoms with Crippen LogP contribution in [0.2, 0.25) is 5.02 Å². The Kier molecular flexibility index (Phi) is 6.24. The van der Waals surface area contributed by atoms with Crippen LogP contribution in [-0.2, 0) is 5.75 Å². The minimum atomic E-state index is -0.241. The number of pyridine rings is 1. The number of hydrogen-bond donors (Lipinski definition) is 2. The van der Waals surface area contributed by atoms with Gasteiger partial charge in [0, 0.05) is 28.3 Å². The van der Waals surface area contributed by atoms with Crippen molar-refractivity contribution in [3.63, 3.8) is 0 Å². The molecule has 1 heterocycles. The molecule has 1 aromatic carbocycles. The Bertz CT molecular complexity index is 664. The summed E-state index contributed by atoms with van der Waals surface area (Å²) in [7, 11) is 0. The molecule has 4 nitrogen and oxygen atoms in total. The second kappa shape index (κ2) is 8.17. The van der Waals surface area contributed by atoms with Crippen LogP contribution in [0.15, 0.2) is 36.5 Å². The van der Waals surface area contributed by atoms with E-state index in [2.05, 4.69) is 10.3 Å². The number of amides is 1. The number of aromatic nitrogens is 1. The number of carbonyl (C=O) groups is 1. The summed E-state index contributed by atoms with van der Waals surface area (Å²) < 4.78 is 0. The fraction of sp³-hybridized carbons (Fsp3) is 0.250. The zero-order chi connectivity index (χ0) is 15.9. The lowest BCUT2D eigenvalue weighted by Gasteiger charge is -2.07. The largest absolute Gasteiger partial charge is 0.396 e. The van der Waals surface area contributed by atoms with Crippen molar-refractivity contribution in [1.82, 2.24) is 4.98 Å². The first-order valence-electron chi connectivity index (χ1n) is 6.81. The van der Waals surface area contributed by atoms with Gasteiger partial charge in [-0.05, 0) is 42.3 Å². The van der Waals surface area contributed by atoms with E-state index in [0.717, 1.165) is 16.9 Å². The average Bonchev–Trinajstić information content (AvgIpc) is 2.50. The monoisotopic (exact) mass is 336 g/mol. The van der Waals surface area contributed by atoms with Gasteiger partial charge in [0.05, 0.1) is 6.61 Å². The van der Waals surface area contributed by atoms with E-state index in [1.807, 2.05) is 25.1 Å². The first kappa shape index (κ1) is 16.8. The number of thioether (sulfide) groups is 1. The number of nitrogens with zero attached hydrogens (tertiary/aromatic N) is 1. The predicted octanol–water partition coefficient (Wildman–Crippen LogP) is 3.52. The minimum Gasteiger partial charge on any atom is -0.396 e. The van der Waals surface area contributed by atoms with Gasteiger partial charge in [-0.25, -0.2) is 4.98 Å². The van der Waals surface area contributed by atoms with Gasteiger partial charge >= 0.3 is 0 Å². The normalized spacial score (nSPS) is 10.5. The molecule has 116 valence electrons. The summed E-state index contributed by atoms with van der Waals surface area (Å²) in [4.78, 5) is 16.4. The number of aliphatic hydroxyl groups excluding tert-OH is 1. The first-order chi connectivity index (χ1) is 10.6. The maximum Gasteiger partial charge on any atom is 0.256 e. The second-order valence-corrected chi connectivity index (χ2v) is 6.26. The number of hydrogen-bond acceptors (Lipinski definition) is 4. The van der Waals surface area contributed by atoms with Crippen molar-refractivity contribution in [3.8, 4) is 0 Å². The van der Waals surface area contributed by atoms with Gasteiger partial charge in [0.2, 0.25) is 0 Å². The number of benzene rings is 1. The Morgan fingerprint density at radius 3 is 2.91 bits per heavy atom. The molecule has 2 rings (SSSR count). The van der Waals surface area contributed by atoms with Crippen LogP contribution in [0, 0.1) is 6.92 Å². The Labute approximate surface area is 138 Å². The van der Waals surface area contributed by atoms with Gasteiger partial charge in [0.15, 0.2) is 0 Å². The van der Waals surface area contributed by atoms with E-state index in [4.69, 9.17) is 16.7 Å².